The summed E-state index contributed by atoms with van der Waals surface area (Å²) in [6, 6.07) is 32.5. The lowest BCUT2D eigenvalue weighted by Gasteiger charge is -2.29. The van der Waals surface area contributed by atoms with E-state index in [2.05, 4.69) is 85.9 Å². The van der Waals surface area contributed by atoms with Crippen LogP contribution in [-0.2, 0) is 4.79 Å². The largest absolute Gasteiger partial charge is 0.352 e. The molecule has 0 saturated carbocycles. The number of aryl methyl sites for hydroxylation is 1. The Balaban J connectivity index is 1.32. The highest BCUT2D eigenvalue weighted by Crippen LogP contribution is 2.39. The summed E-state index contributed by atoms with van der Waals surface area (Å²) in [6.45, 7) is 2.48. The first-order valence-corrected chi connectivity index (χ1v) is 13.5. The van der Waals surface area contributed by atoms with Gasteiger partial charge in [0, 0.05) is 42.4 Å². The first-order valence-electron chi connectivity index (χ1n) is 13.1. The number of thiocarbonyl (C=S) groups is 1. The third-order valence-corrected chi connectivity index (χ3v) is 7.53. The fourth-order valence-corrected chi connectivity index (χ4v) is 5.66. The summed E-state index contributed by atoms with van der Waals surface area (Å²) in [7, 11) is 0. The molecule has 0 aliphatic carbocycles. The lowest BCUT2D eigenvalue weighted by atomic mass is 10.0. The van der Waals surface area contributed by atoms with Crippen LogP contribution in [-0.4, -0.2) is 32.0 Å². The van der Waals surface area contributed by atoms with Crippen molar-refractivity contribution in [2.24, 2.45) is 0 Å². The zero-order valence-electron chi connectivity index (χ0n) is 21.6. The molecule has 0 unspecified atom stereocenters. The molecule has 0 spiro atoms. The predicted molar refractivity (Wildman–Crippen MR) is 160 cm³/mol. The minimum absolute atomic E-state index is 0.0478. The van der Waals surface area contributed by atoms with Crippen LogP contribution in [0.3, 0.4) is 0 Å². The van der Waals surface area contributed by atoms with Crippen LogP contribution < -0.4 is 10.6 Å². The van der Waals surface area contributed by atoms with Gasteiger partial charge in [-0.05, 0) is 84.0 Å². The van der Waals surface area contributed by atoms with Crippen molar-refractivity contribution < 1.29 is 4.79 Å². The first kappa shape index (κ1) is 24.8. The molecule has 0 radical (unpaired) electrons. The number of aromatic nitrogens is 2. The highest BCUT2D eigenvalue weighted by atomic mass is 32.1. The van der Waals surface area contributed by atoms with E-state index >= 15 is 0 Å². The van der Waals surface area contributed by atoms with Crippen LogP contribution in [0.2, 0.25) is 0 Å². The molecule has 6 rings (SSSR count). The van der Waals surface area contributed by atoms with Gasteiger partial charge in [-0.3, -0.25) is 9.78 Å². The molecule has 1 fully saturated rings. The van der Waals surface area contributed by atoms with Crippen molar-refractivity contribution in [3.8, 4) is 5.69 Å². The number of nitrogens with zero attached hydrogens (tertiary/aromatic N) is 3. The molecule has 2 N–H and O–H groups in total. The molecule has 5 aromatic rings. The minimum atomic E-state index is -0.160. The van der Waals surface area contributed by atoms with Crippen LogP contribution in [0.1, 0.15) is 35.5 Å². The normalized spacial score (nSPS) is 16.8. The van der Waals surface area contributed by atoms with Gasteiger partial charge in [0.1, 0.15) is 0 Å². The van der Waals surface area contributed by atoms with Gasteiger partial charge >= 0.3 is 0 Å². The highest BCUT2D eigenvalue weighted by Gasteiger charge is 2.41. The van der Waals surface area contributed by atoms with Crippen molar-refractivity contribution in [1.82, 2.24) is 19.8 Å². The van der Waals surface area contributed by atoms with Gasteiger partial charge in [-0.2, -0.15) is 0 Å². The van der Waals surface area contributed by atoms with E-state index in [-0.39, 0.29) is 18.0 Å². The van der Waals surface area contributed by atoms with Crippen LogP contribution in [0.4, 0.5) is 5.69 Å². The van der Waals surface area contributed by atoms with E-state index in [1.807, 2.05) is 49.4 Å². The smallest absolute Gasteiger partial charge is 0.226 e. The van der Waals surface area contributed by atoms with E-state index in [1.165, 1.54) is 10.8 Å². The summed E-state index contributed by atoms with van der Waals surface area (Å²) in [5, 5.41) is 9.52. The fraction of sp³-hybridized carbons (Fsp3) is 0.156. The Bertz CT molecular complexity index is 1650. The molecule has 0 bridgehead atoms. The average molecular weight is 532 g/mol. The molecule has 2 atom stereocenters. The molecule has 3 heterocycles. The molecule has 1 saturated heterocycles. The van der Waals surface area contributed by atoms with E-state index in [9.17, 15) is 4.79 Å². The Morgan fingerprint density at radius 1 is 0.949 bits per heavy atom. The van der Waals surface area contributed by atoms with Crippen LogP contribution in [0.5, 0.6) is 0 Å². The van der Waals surface area contributed by atoms with Gasteiger partial charge in [0.05, 0.1) is 17.8 Å². The number of anilines is 1. The van der Waals surface area contributed by atoms with Crippen LogP contribution in [0.15, 0.2) is 109 Å². The third kappa shape index (κ3) is 5.13. The van der Waals surface area contributed by atoms with Crippen LogP contribution >= 0.6 is 12.2 Å². The Hall–Kier alpha value is -4.49. The molecule has 1 aliphatic rings. The van der Waals surface area contributed by atoms with Gasteiger partial charge in [0.2, 0.25) is 5.91 Å². The average Bonchev–Trinajstić information content (AvgIpc) is 3.56. The number of hydrogen-bond donors (Lipinski definition) is 2. The maximum atomic E-state index is 12.9. The quantitative estimate of drug-likeness (QED) is 0.240. The zero-order chi connectivity index (χ0) is 26.8. The summed E-state index contributed by atoms with van der Waals surface area (Å²) in [4.78, 5) is 19.7. The molecule has 1 amide bonds. The number of nitrogens with one attached hydrogen (secondary N) is 2. The number of pyridine rings is 1. The number of rotatable bonds is 7. The SMILES string of the molecule is Cc1cccc(NC(=O)CCN2C(=S)N[C@@H](c3ccccn3)[C@H]2c2cccn2-c2ccc3ccccc3c2)c1. The van der Waals surface area contributed by atoms with Gasteiger partial charge in [0.15, 0.2) is 5.11 Å². The predicted octanol–water partition coefficient (Wildman–Crippen LogP) is 6.34. The van der Waals surface area contributed by atoms with E-state index in [0.717, 1.165) is 28.3 Å². The van der Waals surface area contributed by atoms with Gasteiger partial charge < -0.3 is 20.1 Å². The molecule has 39 heavy (non-hydrogen) atoms. The van der Waals surface area contributed by atoms with Crippen molar-refractivity contribution in [3.63, 3.8) is 0 Å². The number of carbonyl (C=O) groups excluding carboxylic acids is 1. The Kier molecular flexibility index (Phi) is 6.82. The molecule has 194 valence electrons. The Labute approximate surface area is 233 Å². The number of fused-ring (bicyclic) bond motifs is 1. The second-order valence-electron chi connectivity index (χ2n) is 9.82. The van der Waals surface area contributed by atoms with Gasteiger partial charge in [-0.1, -0.05) is 48.5 Å². The van der Waals surface area contributed by atoms with Crippen LogP contribution in [0.25, 0.3) is 16.5 Å². The summed E-state index contributed by atoms with van der Waals surface area (Å²) in [5.41, 5.74) is 4.96. The van der Waals surface area contributed by atoms with Gasteiger partial charge in [-0.25, -0.2) is 0 Å². The Morgan fingerprint density at radius 2 is 1.79 bits per heavy atom. The number of benzene rings is 3. The van der Waals surface area contributed by atoms with Crippen LogP contribution in [0, 0.1) is 6.92 Å². The molecule has 1 aliphatic heterocycles. The standard InChI is InChI=1S/C32H29N5OS/c1-22-8-6-11-25(20-22)34-29(38)16-19-37-31(30(35-32(37)39)27-12-4-5-17-33-27)28-13-7-18-36(28)26-15-14-23-9-2-3-10-24(23)21-26/h2-15,17-18,20-21,30-31H,16,19H2,1H3,(H,34,38)(H,35,39)/t30-,31+/m0/s1. The second kappa shape index (κ2) is 10.7. The van der Waals surface area contributed by atoms with Crippen molar-refractivity contribution in [2.45, 2.75) is 25.4 Å². The van der Waals surface area contributed by atoms with E-state index < -0.39 is 0 Å². The maximum absolute atomic E-state index is 12.9. The maximum Gasteiger partial charge on any atom is 0.226 e. The molecule has 2 aromatic heterocycles. The number of amides is 1. The molecule has 3 aromatic carbocycles. The summed E-state index contributed by atoms with van der Waals surface area (Å²) in [5.74, 6) is -0.0478. The molecular formula is C32H29N5OS. The highest BCUT2D eigenvalue weighted by molar-refractivity contribution is 7.80. The summed E-state index contributed by atoms with van der Waals surface area (Å²) < 4.78 is 2.21. The minimum Gasteiger partial charge on any atom is -0.352 e. The molecular weight excluding hydrogens is 502 g/mol. The molecule has 6 nitrogen and oxygen atoms in total. The van der Waals surface area contributed by atoms with Crippen molar-refractivity contribution in [1.29, 1.82) is 0 Å². The monoisotopic (exact) mass is 531 g/mol. The lowest BCUT2D eigenvalue weighted by Crippen LogP contribution is -2.33. The zero-order valence-corrected chi connectivity index (χ0v) is 22.4. The van der Waals surface area contributed by atoms with E-state index in [0.29, 0.717) is 18.1 Å². The second-order valence-corrected chi connectivity index (χ2v) is 10.2. The number of hydrogen-bond acceptors (Lipinski definition) is 3. The topological polar surface area (TPSA) is 62.2 Å². The summed E-state index contributed by atoms with van der Waals surface area (Å²) >= 11 is 5.84. The van der Waals surface area contributed by atoms with Crippen molar-refractivity contribution in [3.05, 3.63) is 126 Å². The fourth-order valence-electron chi connectivity index (χ4n) is 5.33. The number of carbonyl (C=O) groups is 1. The van der Waals surface area contributed by atoms with Crippen molar-refractivity contribution in [2.75, 3.05) is 11.9 Å². The van der Waals surface area contributed by atoms with E-state index in [4.69, 9.17) is 12.2 Å². The van der Waals surface area contributed by atoms with Gasteiger partial charge in [0.25, 0.3) is 0 Å². The van der Waals surface area contributed by atoms with Gasteiger partial charge in [-0.15, -0.1) is 0 Å². The van der Waals surface area contributed by atoms with E-state index in [1.54, 1.807) is 6.20 Å². The third-order valence-electron chi connectivity index (χ3n) is 7.17. The lowest BCUT2D eigenvalue weighted by molar-refractivity contribution is -0.116. The Morgan fingerprint density at radius 3 is 2.62 bits per heavy atom. The molecule has 7 heteroatoms. The summed E-state index contributed by atoms with van der Waals surface area (Å²) in [6.07, 6.45) is 4.19. The first-order chi connectivity index (χ1) is 19.1. The van der Waals surface area contributed by atoms with Crippen molar-refractivity contribution >= 4 is 39.7 Å².